The van der Waals surface area contributed by atoms with Crippen LogP contribution in [0.2, 0.25) is 0 Å². The Morgan fingerprint density at radius 2 is 0.719 bits per heavy atom. The molecule has 0 aliphatic carbocycles. The zero-order chi connectivity index (χ0) is 47.4. The molecule has 0 rings (SSSR count). The van der Waals surface area contributed by atoms with Crippen molar-refractivity contribution in [2.75, 3.05) is 39.6 Å². The van der Waals surface area contributed by atoms with Crippen molar-refractivity contribution in [3.05, 3.63) is 48.6 Å². The third-order valence-electron chi connectivity index (χ3n) is 9.78. The van der Waals surface area contributed by atoms with Gasteiger partial charge >= 0.3 is 27.6 Å². The first-order valence-electron chi connectivity index (χ1n) is 24.0. The van der Waals surface area contributed by atoms with Crippen molar-refractivity contribution >= 4 is 27.6 Å². The highest BCUT2D eigenvalue weighted by Crippen LogP contribution is 2.45. The van der Waals surface area contributed by atoms with Gasteiger partial charge < -0.3 is 34.6 Å². The summed E-state index contributed by atoms with van der Waals surface area (Å²) in [6.45, 7) is 0.341. The molecule has 64 heavy (non-hydrogen) atoms. The topological polar surface area (TPSA) is 225 Å². The molecule has 0 aromatic rings. The van der Waals surface area contributed by atoms with Gasteiger partial charge in [-0.25, -0.2) is 9.13 Å². The van der Waals surface area contributed by atoms with E-state index >= 15 is 0 Å². The second-order valence-corrected chi connectivity index (χ2v) is 19.1. The molecular formula is C47H86O15P2. The summed E-state index contributed by atoms with van der Waals surface area (Å²) in [6, 6.07) is 0. The van der Waals surface area contributed by atoms with Crippen molar-refractivity contribution in [3.8, 4) is 0 Å². The van der Waals surface area contributed by atoms with Crippen LogP contribution in [-0.4, -0.2) is 95.0 Å². The molecule has 374 valence electrons. The van der Waals surface area contributed by atoms with Crippen molar-refractivity contribution in [2.24, 2.45) is 0 Å². The Labute approximate surface area is 385 Å². The largest absolute Gasteiger partial charge is 0.472 e. The summed E-state index contributed by atoms with van der Waals surface area (Å²) in [6.07, 6.45) is 39.5. The summed E-state index contributed by atoms with van der Waals surface area (Å²) >= 11 is 0. The van der Waals surface area contributed by atoms with Gasteiger partial charge in [0.2, 0.25) is 0 Å². The Balaban J connectivity index is 3.91. The zero-order valence-electron chi connectivity index (χ0n) is 39.2. The van der Waals surface area contributed by atoms with Gasteiger partial charge in [0.1, 0.15) is 31.5 Å². The first kappa shape index (κ1) is 62.0. The Bertz CT molecular complexity index is 1340. The van der Waals surface area contributed by atoms with Gasteiger partial charge in [-0.1, -0.05) is 146 Å². The van der Waals surface area contributed by atoms with E-state index in [2.05, 4.69) is 80.6 Å². The van der Waals surface area contributed by atoms with Gasteiger partial charge in [-0.3, -0.25) is 27.7 Å². The lowest BCUT2D eigenvalue weighted by Gasteiger charge is -2.19. The second-order valence-electron chi connectivity index (χ2n) is 16.1. The molecule has 0 aromatic carbocycles. The second kappa shape index (κ2) is 43.6. The molecule has 0 heterocycles. The minimum atomic E-state index is -4.79. The van der Waals surface area contributed by atoms with Gasteiger partial charge in [-0.15, -0.1) is 0 Å². The number of aliphatic hydroxyl groups excluding tert-OH is 3. The fourth-order valence-corrected chi connectivity index (χ4v) is 7.59. The van der Waals surface area contributed by atoms with Crippen LogP contribution in [0, 0.1) is 0 Å². The quantitative estimate of drug-likeness (QED) is 0.0126. The van der Waals surface area contributed by atoms with E-state index in [1.165, 1.54) is 57.8 Å². The molecule has 0 radical (unpaired) electrons. The summed E-state index contributed by atoms with van der Waals surface area (Å²) in [5, 5.41) is 30.0. The minimum absolute atomic E-state index is 0.183. The van der Waals surface area contributed by atoms with E-state index in [1.807, 2.05) is 0 Å². The number of carbonyl (C=O) groups excluding carboxylic acids is 2. The van der Waals surface area contributed by atoms with Crippen LogP contribution in [0.15, 0.2) is 48.6 Å². The molecule has 0 saturated carbocycles. The van der Waals surface area contributed by atoms with E-state index in [4.69, 9.17) is 9.47 Å². The number of carbonyl (C=O) groups is 2. The highest BCUT2D eigenvalue weighted by Gasteiger charge is 2.28. The number of rotatable bonds is 46. The van der Waals surface area contributed by atoms with Gasteiger partial charge in [0.05, 0.1) is 26.4 Å². The number of aliphatic hydroxyl groups is 3. The summed E-state index contributed by atoms with van der Waals surface area (Å²) in [5.41, 5.74) is 0. The molecule has 0 saturated heterocycles. The molecule has 5 unspecified atom stereocenters. The molecule has 0 aliphatic rings. The van der Waals surface area contributed by atoms with Crippen molar-refractivity contribution in [1.29, 1.82) is 0 Å². The first-order valence-corrected chi connectivity index (χ1v) is 27.0. The molecule has 15 nitrogen and oxygen atoms in total. The minimum Gasteiger partial charge on any atom is -0.463 e. The highest BCUT2D eigenvalue weighted by molar-refractivity contribution is 7.47. The summed E-state index contributed by atoms with van der Waals surface area (Å²) in [7, 11) is -9.58. The number of ether oxygens (including phenoxy) is 2. The molecule has 0 bridgehead atoms. The highest BCUT2D eigenvalue weighted by atomic mass is 31.2. The van der Waals surface area contributed by atoms with Crippen LogP contribution < -0.4 is 0 Å². The molecular weight excluding hydrogens is 866 g/mol. The number of hydrogen-bond acceptors (Lipinski definition) is 13. The monoisotopic (exact) mass is 953 g/mol. The fraction of sp³-hybridized carbons (Fsp3) is 0.787. The van der Waals surface area contributed by atoms with Crippen LogP contribution in [0.4, 0.5) is 0 Å². The van der Waals surface area contributed by atoms with Crippen LogP contribution in [0.3, 0.4) is 0 Å². The third kappa shape index (κ3) is 45.2. The van der Waals surface area contributed by atoms with Crippen LogP contribution in [0.25, 0.3) is 0 Å². The van der Waals surface area contributed by atoms with Gasteiger partial charge in [0.25, 0.3) is 0 Å². The Kier molecular flexibility index (Phi) is 42.2. The summed E-state index contributed by atoms with van der Waals surface area (Å²) in [4.78, 5) is 43.7. The maximum atomic E-state index is 12.2. The van der Waals surface area contributed by atoms with Crippen molar-refractivity contribution in [1.82, 2.24) is 0 Å². The van der Waals surface area contributed by atoms with Gasteiger partial charge in [0, 0.05) is 12.8 Å². The number of phosphoric ester groups is 2. The SMILES string of the molecule is CCCCC/C=C\C/C=C\CCCCCCCCCC(=O)OCC(O)COP(=O)(O)OCC(O)COP(=O)(O)OCC(O)COC(=O)CCCCCCCC/C=C/C=C/CCCCC. The molecule has 0 spiro atoms. The lowest BCUT2D eigenvalue weighted by Crippen LogP contribution is -2.25. The number of esters is 2. The fourth-order valence-electron chi connectivity index (χ4n) is 6.00. The number of hydrogen-bond donors (Lipinski definition) is 5. The normalized spacial score (nSPS) is 15.5. The van der Waals surface area contributed by atoms with E-state index in [0.29, 0.717) is 12.8 Å². The van der Waals surface area contributed by atoms with Crippen molar-refractivity contribution in [3.63, 3.8) is 0 Å². The zero-order valence-corrected chi connectivity index (χ0v) is 41.0. The van der Waals surface area contributed by atoms with Crippen molar-refractivity contribution < 1.29 is 71.4 Å². The Morgan fingerprint density at radius 1 is 0.422 bits per heavy atom. The molecule has 17 heteroatoms. The molecule has 0 fully saturated rings. The van der Waals surface area contributed by atoms with Gasteiger partial charge in [0.15, 0.2) is 0 Å². The Morgan fingerprint density at radius 3 is 1.08 bits per heavy atom. The molecule has 0 amide bonds. The Hall–Kier alpha value is -2.00. The van der Waals surface area contributed by atoms with Crippen LogP contribution in [0.1, 0.15) is 181 Å². The van der Waals surface area contributed by atoms with E-state index in [1.54, 1.807) is 0 Å². The maximum Gasteiger partial charge on any atom is 0.472 e. The van der Waals surface area contributed by atoms with E-state index < -0.39 is 85.5 Å². The maximum absolute atomic E-state index is 12.2. The first-order chi connectivity index (χ1) is 30.8. The lowest BCUT2D eigenvalue weighted by molar-refractivity contribution is -0.148. The summed E-state index contributed by atoms with van der Waals surface area (Å²) < 4.78 is 53.0. The number of unbranched alkanes of at least 4 members (excludes halogenated alkanes) is 19. The van der Waals surface area contributed by atoms with E-state index in [0.717, 1.165) is 83.5 Å². The standard InChI is InChI=1S/C47H86O15P2/c1-3-5-7-9-11-13-15-17-19-20-22-24-26-28-30-32-34-36-47(52)58-38-44(49)40-60-64(55,56)62-42-45(50)41-61-63(53,54)59-39-43(48)37-57-46(51)35-33-31-29-27-25-23-21-18-16-14-12-10-8-6-4-2/h11-14,16-19,43-45,48-50H,3-10,15,20-42H2,1-2H3,(H,53,54)(H,55,56)/b13-11-,14-12+,18-16+,19-17-. The van der Waals surface area contributed by atoms with Gasteiger partial charge in [-0.2, -0.15) is 0 Å². The van der Waals surface area contributed by atoms with Crippen molar-refractivity contribution in [2.45, 2.75) is 199 Å². The van der Waals surface area contributed by atoms with E-state index in [9.17, 15) is 43.8 Å². The third-order valence-corrected chi connectivity index (χ3v) is 11.7. The van der Waals surface area contributed by atoms with Crippen LogP contribution >= 0.6 is 15.6 Å². The van der Waals surface area contributed by atoms with Crippen LogP contribution in [-0.2, 0) is 46.3 Å². The van der Waals surface area contributed by atoms with Gasteiger partial charge in [-0.05, 0) is 70.6 Å². The molecule has 5 atom stereocenters. The average Bonchev–Trinajstić information content (AvgIpc) is 3.27. The van der Waals surface area contributed by atoms with E-state index in [-0.39, 0.29) is 12.8 Å². The predicted octanol–water partition coefficient (Wildman–Crippen LogP) is 10.8. The average molecular weight is 953 g/mol. The lowest BCUT2D eigenvalue weighted by atomic mass is 10.1. The van der Waals surface area contributed by atoms with Crippen LogP contribution in [0.5, 0.6) is 0 Å². The molecule has 5 N–H and O–H groups in total. The smallest absolute Gasteiger partial charge is 0.463 e. The number of allylic oxidation sites excluding steroid dienone is 8. The predicted molar refractivity (Wildman–Crippen MR) is 251 cm³/mol. The molecule has 0 aromatic heterocycles. The number of phosphoric acid groups is 2. The summed E-state index contributed by atoms with van der Waals surface area (Å²) in [5.74, 6) is -1.01. The molecule has 0 aliphatic heterocycles.